The third kappa shape index (κ3) is 5.42. The average molecular weight is 502 g/mol. The van der Waals surface area contributed by atoms with Crippen molar-refractivity contribution in [2.45, 2.75) is 71.3 Å². The van der Waals surface area contributed by atoms with E-state index in [-0.39, 0.29) is 6.04 Å². The van der Waals surface area contributed by atoms with Crippen LogP contribution in [0.5, 0.6) is 0 Å². The molecule has 1 unspecified atom stereocenters. The van der Waals surface area contributed by atoms with Gasteiger partial charge in [0.25, 0.3) is 0 Å². The Labute approximate surface area is 188 Å². The molecule has 5 nitrogen and oxygen atoms in total. The number of halogens is 4. The zero-order valence-corrected chi connectivity index (χ0v) is 19.7. The van der Waals surface area contributed by atoms with Crippen LogP contribution in [-0.2, 0) is 30.3 Å². The molecule has 1 aromatic carbocycles. The van der Waals surface area contributed by atoms with Gasteiger partial charge in [0.2, 0.25) is 0 Å². The van der Waals surface area contributed by atoms with E-state index in [2.05, 4.69) is 25.5 Å². The van der Waals surface area contributed by atoms with Gasteiger partial charge in [0, 0.05) is 13.1 Å². The fourth-order valence-corrected chi connectivity index (χ4v) is 4.42. The topological polar surface area (TPSA) is 47.4 Å². The van der Waals surface area contributed by atoms with E-state index in [1.807, 2.05) is 27.7 Å². The van der Waals surface area contributed by atoms with Crippen molar-refractivity contribution in [1.82, 2.24) is 14.5 Å². The summed E-state index contributed by atoms with van der Waals surface area (Å²) in [6.45, 7) is 8.55. The molecule has 3 rings (SSSR count). The first-order chi connectivity index (χ1) is 14.4. The summed E-state index contributed by atoms with van der Waals surface area (Å²) >= 11 is 3.51. The molecule has 0 saturated carbocycles. The van der Waals surface area contributed by atoms with Gasteiger partial charge in [-0.15, -0.1) is 0 Å². The highest BCUT2D eigenvalue weighted by atomic mass is 79.9. The number of benzene rings is 1. The van der Waals surface area contributed by atoms with Gasteiger partial charge in [-0.05, 0) is 73.7 Å². The molecule has 0 aliphatic carbocycles. The minimum atomic E-state index is -4.36. The van der Waals surface area contributed by atoms with Gasteiger partial charge in [0.1, 0.15) is 5.60 Å². The number of ether oxygens (including phenoxy) is 1. The summed E-state index contributed by atoms with van der Waals surface area (Å²) in [6, 6.07) is 4.91. The Bertz CT molecular complexity index is 933. The van der Waals surface area contributed by atoms with Gasteiger partial charge >= 0.3 is 12.3 Å². The highest BCUT2D eigenvalue weighted by molar-refractivity contribution is 9.10. The number of hydrogen-bond donors (Lipinski definition) is 0. The molecule has 1 amide bonds. The molecular weight excluding hydrogens is 475 g/mol. The van der Waals surface area contributed by atoms with Crippen LogP contribution in [-0.4, -0.2) is 32.7 Å². The van der Waals surface area contributed by atoms with E-state index in [0.717, 1.165) is 33.8 Å². The molecule has 1 aliphatic heterocycles. The smallest absolute Gasteiger partial charge is 0.416 e. The van der Waals surface area contributed by atoms with Crippen LogP contribution in [0.3, 0.4) is 0 Å². The number of fused-ring (bicyclic) bond motifs is 1. The maximum atomic E-state index is 12.9. The van der Waals surface area contributed by atoms with Crippen molar-refractivity contribution in [3.8, 4) is 0 Å². The Kier molecular flexibility index (Phi) is 6.74. The molecule has 0 spiro atoms. The number of aryl methyl sites for hydroxylation is 2. The normalized spacial score (nSPS) is 16.9. The molecule has 0 fully saturated rings. The van der Waals surface area contributed by atoms with Crippen LogP contribution in [0.25, 0.3) is 0 Å². The molecule has 0 bridgehead atoms. The van der Waals surface area contributed by atoms with Crippen LogP contribution in [0.4, 0.5) is 18.0 Å². The first-order valence-electron chi connectivity index (χ1n) is 10.3. The van der Waals surface area contributed by atoms with Gasteiger partial charge in [0.15, 0.2) is 4.73 Å². The summed E-state index contributed by atoms with van der Waals surface area (Å²) < 4.78 is 47.0. The summed E-state index contributed by atoms with van der Waals surface area (Å²) in [5, 5.41) is 0. The van der Waals surface area contributed by atoms with Crippen molar-refractivity contribution in [1.29, 1.82) is 0 Å². The summed E-state index contributed by atoms with van der Waals surface area (Å²) in [5.41, 5.74) is 1.35. The number of hydrogen-bond acceptors (Lipinski definition) is 3. The zero-order valence-electron chi connectivity index (χ0n) is 18.1. The third-order valence-corrected chi connectivity index (χ3v) is 5.85. The van der Waals surface area contributed by atoms with Crippen molar-refractivity contribution in [3.63, 3.8) is 0 Å². The summed E-state index contributed by atoms with van der Waals surface area (Å²) in [7, 11) is 0. The minimum Gasteiger partial charge on any atom is -0.444 e. The van der Waals surface area contributed by atoms with Crippen LogP contribution in [0.2, 0.25) is 0 Å². The Balaban J connectivity index is 1.88. The first-order valence-corrected chi connectivity index (χ1v) is 11.1. The van der Waals surface area contributed by atoms with E-state index in [4.69, 9.17) is 4.74 Å². The maximum Gasteiger partial charge on any atom is 0.416 e. The number of aromatic nitrogens is 2. The SMILES string of the molecule is CCc1nc(Br)n2c1C(CCc1ccc(C(F)(F)F)cc1)N(C(=O)OC(C)(C)C)CC2. The monoisotopic (exact) mass is 501 g/mol. The number of carbonyl (C=O) groups excluding carboxylic acids is 1. The molecule has 9 heteroatoms. The number of nitrogens with zero attached hydrogens (tertiary/aromatic N) is 3. The number of carbonyl (C=O) groups is 1. The largest absolute Gasteiger partial charge is 0.444 e. The maximum absolute atomic E-state index is 12.9. The Morgan fingerprint density at radius 2 is 1.84 bits per heavy atom. The lowest BCUT2D eigenvalue weighted by Gasteiger charge is -2.38. The molecule has 1 aromatic heterocycles. The predicted octanol–water partition coefficient (Wildman–Crippen LogP) is 6.15. The second-order valence-corrected chi connectivity index (χ2v) is 9.35. The fraction of sp³-hybridized carbons (Fsp3) is 0.545. The fourth-order valence-electron chi connectivity index (χ4n) is 3.84. The van der Waals surface area contributed by atoms with Gasteiger partial charge in [-0.1, -0.05) is 19.1 Å². The average Bonchev–Trinajstić information content (AvgIpc) is 3.00. The van der Waals surface area contributed by atoms with Gasteiger partial charge in [-0.25, -0.2) is 9.78 Å². The van der Waals surface area contributed by atoms with E-state index in [9.17, 15) is 18.0 Å². The van der Waals surface area contributed by atoms with E-state index in [1.54, 1.807) is 4.90 Å². The predicted molar refractivity (Wildman–Crippen MR) is 115 cm³/mol. The van der Waals surface area contributed by atoms with Gasteiger partial charge in [0.05, 0.1) is 23.0 Å². The number of imidazole rings is 1. The van der Waals surface area contributed by atoms with Gasteiger partial charge in [-0.3, -0.25) is 4.90 Å². The molecule has 2 heterocycles. The highest BCUT2D eigenvalue weighted by Gasteiger charge is 2.37. The van der Waals surface area contributed by atoms with Crippen molar-refractivity contribution < 1.29 is 22.7 Å². The van der Waals surface area contributed by atoms with E-state index < -0.39 is 23.4 Å². The minimum absolute atomic E-state index is 0.278. The molecule has 0 radical (unpaired) electrons. The van der Waals surface area contributed by atoms with Crippen LogP contribution < -0.4 is 0 Å². The molecule has 170 valence electrons. The van der Waals surface area contributed by atoms with E-state index in [0.29, 0.717) is 32.4 Å². The Morgan fingerprint density at radius 1 is 1.19 bits per heavy atom. The van der Waals surface area contributed by atoms with Crippen molar-refractivity contribution in [2.24, 2.45) is 0 Å². The van der Waals surface area contributed by atoms with E-state index in [1.165, 1.54) is 12.1 Å². The first kappa shape index (κ1) is 23.6. The van der Waals surface area contributed by atoms with Crippen LogP contribution >= 0.6 is 15.9 Å². The molecule has 0 N–H and O–H groups in total. The molecule has 2 aromatic rings. The quantitative estimate of drug-likeness (QED) is 0.504. The Hall–Kier alpha value is -2.03. The highest BCUT2D eigenvalue weighted by Crippen LogP contribution is 2.36. The van der Waals surface area contributed by atoms with Gasteiger partial charge in [-0.2, -0.15) is 13.2 Å². The molecular formula is C22H27BrF3N3O2. The van der Waals surface area contributed by atoms with E-state index >= 15 is 0 Å². The number of alkyl halides is 3. The van der Waals surface area contributed by atoms with Crippen molar-refractivity contribution >= 4 is 22.0 Å². The van der Waals surface area contributed by atoms with Crippen molar-refractivity contribution in [3.05, 3.63) is 51.5 Å². The van der Waals surface area contributed by atoms with Crippen LogP contribution in [0.15, 0.2) is 29.0 Å². The molecule has 1 aliphatic rings. The second kappa shape index (κ2) is 8.84. The summed E-state index contributed by atoms with van der Waals surface area (Å²) in [5.74, 6) is 0. The Morgan fingerprint density at radius 3 is 2.39 bits per heavy atom. The lowest BCUT2D eigenvalue weighted by Crippen LogP contribution is -2.45. The summed E-state index contributed by atoms with van der Waals surface area (Å²) in [6.07, 6.45) is -2.97. The molecule has 31 heavy (non-hydrogen) atoms. The number of rotatable bonds is 4. The summed E-state index contributed by atoms with van der Waals surface area (Å²) in [4.78, 5) is 19.3. The van der Waals surface area contributed by atoms with Crippen molar-refractivity contribution in [2.75, 3.05) is 6.54 Å². The van der Waals surface area contributed by atoms with Crippen LogP contribution in [0, 0.1) is 0 Å². The van der Waals surface area contributed by atoms with Crippen LogP contribution in [0.1, 0.15) is 62.7 Å². The second-order valence-electron chi connectivity index (χ2n) is 8.64. The van der Waals surface area contributed by atoms with Gasteiger partial charge < -0.3 is 9.30 Å². The molecule has 0 saturated heterocycles. The lowest BCUT2D eigenvalue weighted by molar-refractivity contribution is -0.137. The lowest BCUT2D eigenvalue weighted by atomic mass is 9.97. The molecule has 1 atom stereocenters. The standard InChI is InChI=1S/C22H27BrF3N3O2/c1-5-16-18-17(11-8-14-6-9-15(10-7-14)22(24,25)26)28(20(30)31-21(2,3)4)12-13-29(18)19(23)27-16/h6-7,9-10,17H,5,8,11-13H2,1-4H3. The third-order valence-electron chi connectivity index (χ3n) is 5.24. The zero-order chi connectivity index (χ0) is 23.0. The number of amides is 1.